The quantitative estimate of drug-likeness (QED) is 0.643. The third kappa shape index (κ3) is 6.86. The van der Waals surface area contributed by atoms with Gasteiger partial charge < -0.3 is 10.6 Å². The monoisotopic (exact) mass is 324 g/mol. The van der Waals surface area contributed by atoms with Gasteiger partial charge in [-0.3, -0.25) is 4.79 Å². The number of hydrogen-bond donors (Lipinski definition) is 2. The number of hydrogen-bond acceptors (Lipinski definition) is 2. The Balaban J connectivity index is 1.60. The van der Waals surface area contributed by atoms with E-state index in [1.165, 1.54) is 18.4 Å². The van der Waals surface area contributed by atoms with Crippen LogP contribution in [-0.2, 0) is 17.6 Å². The summed E-state index contributed by atoms with van der Waals surface area (Å²) in [5, 5.41) is 6.33. The van der Waals surface area contributed by atoms with Crippen LogP contribution in [0.3, 0.4) is 0 Å². The van der Waals surface area contributed by atoms with Crippen molar-refractivity contribution in [3.8, 4) is 0 Å². The van der Waals surface area contributed by atoms with Gasteiger partial charge in [0.15, 0.2) is 0 Å². The molecule has 0 aliphatic heterocycles. The molecule has 24 heavy (non-hydrogen) atoms. The highest BCUT2D eigenvalue weighted by Gasteiger charge is 2.03. The normalized spacial score (nSPS) is 10.4. The minimum Gasteiger partial charge on any atom is -0.385 e. The molecule has 0 atom stereocenters. The first-order valence-electron chi connectivity index (χ1n) is 8.91. The maximum absolute atomic E-state index is 12.0. The van der Waals surface area contributed by atoms with E-state index in [9.17, 15) is 4.79 Å². The number of benzene rings is 2. The van der Waals surface area contributed by atoms with E-state index in [0.717, 1.165) is 30.6 Å². The predicted molar refractivity (Wildman–Crippen MR) is 101 cm³/mol. The molecule has 0 unspecified atom stereocenters. The Labute approximate surface area is 145 Å². The number of para-hydroxylation sites is 1. The lowest BCUT2D eigenvalue weighted by molar-refractivity contribution is -0.120. The summed E-state index contributed by atoms with van der Waals surface area (Å²) in [5.41, 5.74) is 3.55. The molecule has 1 amide bonds. The van der Waals surface area contributed by atoms with Gasteiger partial charge in [0, 0.05) is 18.8 Å². The third-order valence-corrected chi connectivity index (χ3v) is 3.99. The molecule has 0 aliphatic rings. The summed E-state index contributed by atoms with van der Waals surface area (Å²) >= 11 is 0. The molecule has 3 nitrogen and oxygen atoms in total. The van der Waals surface area contributed by atoms with Crippen molar-refractivity contribution in [2.75, 3.05) is 18.4 Å². The molecule has 0 aromatic heterocycles. The molecular formula is C21H28N2O. The number of unbranched alkanes of at least 4 members (excludes halogenated alkanes) is 1. The fourth-order valence-electron chi connectivity index (χ4n) is 2.56. The Kier molecular flexibility index (Phi) is 7.88. The lowest BCUT2D eigenvalue weighted by atomic mass is 10.0. The molecule has 2 N–H and O–H groups in total. The zero-order valence-electron chi connectivity index (χ0n) is 14.6. The van der Waals surface area contributed by atoms with Gasteiger partial charge in [-0.1, -0.05) is 55.8 Å². The van der Waals surface area contributed by atoms with Gasteiger partial charge in [0.25, 0.3) is 0 Å². The van der Waals surface area contributed by atoms with E-state index in [1.807, 2.05) is 30.3 Å². The van der Waals surface area contributed by atoms with Gasteiger partial charge in [0.05, 0.1) is 6.42 Å². The van der Waals surface area contributed by atoms with Crippen LogP contribution in [0.1, 0.15) is 37.3 Å². The lowest BCUT2D eigenvalue weighted by Gasteiger charge is -2.08. The Hall–Kier alpha value is -2.29. The summed E-state index contributed by atoms with van der Waals surface area (Å²) in [4.78, 5) is 12.0. The summed E-state index contributed by atoms with van der Waals surface area (Å²) in [6.45, 7) is 3.76. The molecule has 2 rings (SSSR count). The van der Waals surface area contributed by atoms with E-state index >= 15 is 0 Å². The SMILES string of the molecule is CCCCc1ccc(CC(=O)NCCCNc2ccccc2)cc1. The van der Waals surface area contributed by atoms with Gasteiger partial charge >= 0.3 is 0 Å². The van der Waals surface area contributed by atoms with Crippen LogP contribution < -0.4 is 10.6 Å². The van der Waals surface area contributed by atoms with E-state index in [0.29, 0.717) is 13.0 Å². The Morgan fingerprint density at radius 3 is 2.29 bits per heavy atom. The van der Waals surface area contributed by atoms with Crippen LogP contribution in [0.2, 0.25) is 0 Å². The third-order valence-electron chi connectivity index (χ3n) is 3.99. The van der Waals surface area contributed by atoms with E-state index in [4.69, 9.17) is 0 Å². The first-order valence-corrected chi connectivity index (χ1v) is 8.91. The summed E-state index contributed by atoms with van der Waals surface area (Å²) in [7, 11) is 0. The Morgan fingerprint density at radius 2 is 1.58 bits per heavy atom. The molecule has 0 spiro atoms. The molecule has 0 heterocycles. The molecule has 0 saturated heterocycles. The standard InChI is InChI=1S/C21H28N2O/c1-2-3-8-18-11-13-19(14-12-18)17-21(24)23-16-7-15-22-20-9-5-4-6-10-20/h4-6,9-14,22H,2-3,7-8,15-17H2,1H3,(H,23,24). The van der Waals surface area contributed by atoms with Crippen LogP contribution in [0.15, 0.2) is 54.6 Å². The number of aryl methyl sites for hydroxylation is 1. The zero-order chi connectivity index (χ0) is 17.0. The van der Waals surface area contributed by atoms with Crippen molar-refractivity contribution in [1.29, 1.82) is 0 Å². The van der Waals surface area contributed by atoms with Crippen molar-refractivity contribution in [3.63, 3.8) is 0 Å². The smallest absolute Gasteiger partial charge is 0.224 e. The number of anilines is 1. The summed E-state index contributed by atoms with van der Waals surface area (Å²) < 4.78 is 0. The maximum atomic E-state index is 12.0. The molecule has 2 aromatic carbocycles. The topological polar surface area (TPSA) is 41.1 Å². The van der Waals surface area contributed by atoms with Gasteiger partial charge in [-0.05, 0) is 42.5 Å². The minimum absolute atomic E-state index is 0.0935. The Morgan fingerprint density at radius 1 is 0.875 bits per heavy atom. The van der Waals surface area contributed by atoms with Crippen LogP contribution in [0.5, 0.6) is 0 Å². The molecule has 0 radical (unpaired) electrons. The van der Waals surface area contributed by atoms with Crippen LogP contribution in [0, 0.1) is 0 Å². The molecule has 3 heteroatoms. The first kappa shape index (κ1) is 18.1. The van der Waals surface area contributed by atoms with Crippen LogP contribution in [-0.4, -0.2) is 19.0 Å². The number of nitrogens with one attached hydrogen (secondary N) is 2. The van der Waals surface area contributed by atoms with Crippen LogP contribution in [0.4, 0.5) is 5.69 Å². The second-order valence-corrected chi connectivity index (χ2v) is 6.09. The van der Waals surface area contributed by atoms with Gasteiger partial charge in [0.1, 0.15) is 0 Å². The van der Waals surface area contributed by atoms with Crippen molar-refractivity contribution >= 4 is 11.6 Å². The highest BCUT2D eigenvalue weighted by Crippen LogP contribution is 2.08. The average molecular weight is 324 g/mol. The fraction of sp³-hybridized carbons (Fsp3) is 0.381. The predicted octanol–water partition coefficient (Wildman–Crippen LogP) is 4.19. The number of amides is 1. The minimum atomic E-state index is 0.0935. The van der Waals surface area contributed by atoms with Gasteiger partial charge in [-0.25, -0.2) is 0 Å². The first-order chi connectivity index (χ1) is 11.8. The van der Waals surface area contributed by atoms with Crippen molar-refractivity contribution in [3.05, 3.63) is 65.7 Å². The van der Waals surface area contributed by atoms with Gasteiger partial charge in [-0.2, -0.15) is 0 Å². The highest BCUT2D eigenvalue weighted by molar-refractivity contribution is 5.78. The second-order valence-electron chi connectivity index (χ2n) is 6.09. The lowest BCUT2D eigenvalue weighted by Crippen LogP contribution is -2.27. The van der Waals surface area contributed by atoms with Crippen LogP contribution >= 0.6 is 0 Å². The summed E-state index contributed by atoms with van der Waals surface area (Å²) in [6, 6.07) is 18.5. The van der Waals surface area contributed by atoms with Gasteiger partial charge in [0.2, 0.25) is 5.91 Å². The molecule has 0 bridgehead atoms. The highest BCUT2D eigenvalue weighted by atomic mass is 16.1. The second kappa shape index (κ2) is 10.5. The maximum Gasteiger partial charge on any atom is 0.224 e. The zero-order valence-corrected chi connectivity index (χ0v) is 14.6. The van der Waals surface area contributed by atoms with Crippen molar-refractivity contribution in [1.82, 2.24) is 5.32 Å². The van der Waals surface area contributed by atoms with Crippen molar-refractivity contribution in [2.24, 2.45) is 0 Å². The molecule has 2 aromatic rings. The molecule has 0 fully saturated rings. The molecule has 0 aliphatic carbocycles. The summed E-state index contributed by atoms with van der Waals surface area (Å²) in [6.07, 6.45) is 4.92. The number of carbonyl (C=O) groups excluding carboxylic acids is 1. The largest absolute Gasteiger partial charge is 0.385 e. The number of rotatable bonds is 10. The van der Waals surface area contributed by atoms with Crippen molar-refractivity contribution < 1.29 is 4.79 Å². The molecular weight excluding hydrogens is 296 g/mol. The van der Waals surface area contributed by atoms with E-state index in [-0.39, 0.29) is 5.91 Å². The Bertz CT molecular complexity index is 593. The van der Waals surface area contributed by atoms with E-state index in [1.54, 1.807) is 0 Å². The molecule has 0 saturated carbocycles. The number of carbonyl (C=O) groups is 1. The average Bonchev–Trinajstić information content (AvgIpc) is 2.62. The summed E-state index contributed by atoms with van der Waals surface area (Å²) in [5.74, 6) is 0.0935. The van der Waals surface area contributed by atoms with E-state index < -0.39 is 0 Å². The molecule has 128 valence electrons. The van der Waals surface area contributed by atoms with Crippen molar-refractivity contribution in [2.45, 2.75) is 39.0 Å². The van der Waals surface area contributed by atoms with Crippen LogP contribution in [0.25, 0.3) is 0 Å². The fourth-order valence-corrected chi connectivity index (χ4v) is 2.56. The van der Waals surface area contributed by atoms with E-state index in [2.05, 4.69) is 41.8 Å². The van der Waals surface area contributed by atoms with Gasteiger partial charge in [-0.15, -0.1) is 0 Å².